The van der Waals surface area contributed by atoms with Crippen molar-refractivity contribution in [2.45, 2.75) is 58.3 Å². The van der Waals surface area contributed by atoms with Crippen LogP contribution in [-0.2, 0) is 4.74 Å². The summed E-state index contributed by atoms with van der Waals surface area (Å²) in [5, 5.41) is 20.9. The van der Waals surface area contributed by atoms with Crippen LogP contribution in [0.1, 0.15) is 50.4 Å². The number of hydrogen-bond donors (Lipinski definition) is 4. The smallest absolute Gasteiger partial charge is 0.323 e. The molecule has 0 bridgehead atoms. The Morgan fingerprint density at radius 2 is 1.67 bits per heavy atom. The van der Waals surface area contributed by atoms with Gasteiger partial charge in [-0.25, -0.2) is 9.59 Å². The molecule has 1 aliphatic heterocycles. The van der Waals surface area contributed by atoms with Crippen LogP contribution in [0, 0.1) is 5.92 Å². The van der Waals surface area contributed by atoms with Gasteiger partial charge in [0.05, 0.1) is 36.1 Å². The average molecular weight is 696 g/mol. The number of para-hydroxylation sites is 1. The van der Waals surface area contributed by atoms with Gasteiger partial charge in [-0.2, -0.15) is 0 Å². The van der Waals surface area contributed by atoms with E-state index in [9.17, 15) is 19.5 Å². The van der Waals surface area contributed by atoms with Crippen LogP contribution in [0.4, 0.5) is 26.7 Å². The molecule has 4 aromatic rings. The SMILES string of the molecule is C[C@@H]1CCCCO[C@@H](CN(C)C(=O)Nc2ccccc2)[C@@H](C)CN([C@@H](C)CO)C(=O)c2cc(NC(=O)Nc3cccc4ccccc34)ccc2O1. The molecule has 0 fully saturated rings. The molecule has 1 heterocycles. The summed E-state index contributed by atoms with van der Waals surface area (Å²) in [6.45, 7) is 6.50. The summed E-state index contributed by atoms with van der Waals surface area (Å²) in [5.74, 6) is -0.166. The Morgan fingerprint density at radius 3 is 2.45 bits per heavy atom. The maximum Gasteiger partial charge on any atom is 0.323 e. The predicted molar refractivity (Wildman–Crippen MR) is 202 cm³/mol. The van der Waals surface area contributed by atoms with Crippen LogP contribution in [0.2, 0.25) is 0 Å². The Kier molecular flexibility index (Phi) is 12.9. The maximum atomic E-state index is 14.5. The van der Waals surface area contributed by atoms with Crippen molar-refractivity contribution in [1.82, 2.24) is 9.80 Å². The number of hydrogen-bond acceptors (Lipinski definition) is 6. The molecule has 270 valence electrons. The van der Waals surface area contributed by atoms with Gasteiger partial charge in [0.15, 0.2) is 0 Å². The van der Waals surface area contributed by atoms with E-state index in [4.69, 9.17) is 9.47 Å². The number of carbonyl (C=O) groups excluding carboxylic acids is 3. The summed E-state index contributed by atoms with van der Waals surface area (Å²) in [5.41, 5.74) is 2.03. The monoisotopic (exact) mass is 695 g/mol. The quantitative estimate of drug-likeness (QED) is 0.159. The largest absolute Gasteiger partial charge is 0.490 e. The van der Waals surface area contributed by atoms with Crippen LogP contribution in [0.3, 0.4) is 0 Å². The molecule has 5 rings (SSSR count). The Labute approximate surface area is 299 Å². The van der Waals surface area contributed by atoms with Crippen molar-refractivity contribution in [2.24, 2.45) is 5.92 Å². The zero-order valence-electron chi connectivity index (χ0n) is 29.8. The average Bonchev–Trinajstić information content (AvgIpc) is 3.13. The number of urea groups is 2. The van der Waals surface area contributed by atoms with E-state index in [-0.39, 0.29) is 48.8 Å². The van der Waals surface area contributed by atoms with E-state index in [1.807, 2.05) is 86.6 Å². The minimum atomic E-state index is -0.538. The number of nitrogens with zero attached hydrogens (tertiary/aromatic N) is 2. The molecule has 1 aliphatic rings. The predicted octanol–water partition coefficient (Wildman–Crippen LogP) is 7.44. The first-order valence-corrected chi connectivity index (χ1v) is 17.6. The van der Waals surface area contributed by atoms with E-state index in [0.717, 1.165) is 30.0 Å². The number of rotatable bonds is 7. The van der Waals surface area contributed by atoms with Crippen molar-refractivity contribution < 1.29 is 29.0 Å². The summed E-state index contributed by atoms with van der Waals surface area (Å²) < 4.78 is 12.7. The molecule has 51 heavy (non-hydrogen) atoms. The summed E-state index contributed by atoms with van der Waals surface area (Å²) in [6, 6.07) is 26.5. The Morgan fingerprint density at radius 1 is 0.922 bits per heavy atom. The molecular weight excluding hydrogens is 646 g/mol. The second kappa shape index (κ2) is 17.7. The first-order valence-electron chi connectivity index (χ1n) is 17.6. The number of ether oxygens (including phenoxy) is 2. The van der Waals surface area contributed by atoms with Gasteiger partial charge in [-0.15, -0.1) is 0 Å². The summed E-state index contributed by atoms with van der Waals surface area (Å²) in [4.78, 5) is 44.0. The molecule has 0 radical (unpaired) electrons. The van der Waals surface area contributed by atoms with Crippen LogP contribution >= 0.6 is 0 Å². The second-order valence-electron chi connectivity index (χ2n) is 13.3. The molecule has 4 atom stereocenters. The highest BCUT2D eigenvalue weighted by Crippen LogP contribution is 2.29. The third-order valence-electron chi connectivity index (χ3n) is 9.17. The fourth-order valence-corrected chi connectivity index (χ4v) is 6.18. The maximum absolute atomic E-state index is 14.5. The summed E-state index contributed by atoms with van der Waals surface area (Å²) in [6.07, 6.45) is 1.80. The third kappa shape index (κ3) is 9.99. The lowest BCUT2D eigenvalue weighted by atomic mass is 10.0. The lowest BCUT2D eigenvalue weighted by molar-refractivity contribution is -0.0115. The fraction of sp³-hybridized carbons (Fsp3) is 0.375. The van der Waals surface area contributed by atoms with E-state index in [2.05, 4.69) is 16.0 Å². The number of aliphatic hydroxyl groups is 1. The molecule has 5 amide bonds. The van der Waals surface area contributed by atoms with Gasteiger partial charge in [0, 0.05) is 49.4 Å². The van der Waals surface area contributed by atoms with Crippen molar-refractivity contribution in [1.29, 1.82) is 0 Å². The molecule has 4 N–H and O–H groups in total. The first kappa shape index (κ1) is 37.1. The molecule has 0 aromatic heterocycles. The van der Waals surface area contributed by atoms with E-state index < -0.39 is 12.1 Å². The first-order chi connectivity index (χ1) is 24.6. The van der Waals surface area contributed by atoms with Crippen LogP contribution in [0.25, 0.3) is 10.8 Å². The number of amides is 5. The normalized spacial score (nSPS) is 19.2. The topological polar surface area (TPSA) is 132 Å². The number of likely N-dealkylation sites (N-methyl/N-ethyl adjacent to an activating group) is 1. The standard InChI is InChI=1S/C40H49N5O6/c1-27-24-45(28(2)26-46)38(47)34-23-32(41-39(48)43-35-19-12-15-30-14-8-9-18-33(30)35)20-21-36(34)51-29(3)13-10-11-22-50-37(27)25-44(4)40(49)42-31-16-6-5-7-17-31/h5-9,12,14-21,23,27-29,37,46H,10-11,13,22,24-26H2,1-4H3,(H,42,49)(H2,41,43,48)/t27-,28-,29+,37-/m0/s1. The van der Waals surface area contributed by atoms with Crippen LogP contribution in [-0.4, -0.2) is 84.5 Å². The Balaban J connectivity index is 1.38. The Hall–Kier alpha value is -5.13. The molecule has 0 aliphatic carbocycles. The number of anilines is 3. The van der Waals surface area contributed by atoms with E-state index in [1.54, 1.807) is 42.0 Å². The molecule has 4 aromatic carbocycles. The van der Waals surface area contributed by atoms with Crippen molar-refractivity contribution in [3.8, 4) is 5.75 Å². The summed E-state index contributed by atoms with van der Waals surface area (Å²) >= 11 is 0. The highest BCUT2D eigenvalue weighted by Gasteiger charge is 2.31. The van der Waals surface area contributed by atoms with Gasteiger partial charge in [0.2, 0.25) is 0 Å². The van der Waals surface area contributed by atoms with Gasteiger partial charge in [0.1, 0.15) is 5.75 Å². The van der Waals surface area contributed by atoms with Gasteiger partial charge in [0.25, 0.3) is 5.91 Å². The van der Waals surface area contributed by atoms with Crippen molar-refractivity contribution in [3.63, 3.8) is 0 Å². The van der Waals surface area contributed by atoms with Crippen molar-refractivity contribution >= 4 is 45.8 Å². The molecule has 0 saturated carbocycles. The summed E-state index contributed by atoms with van der Waals surface area (Å²) in [7, 11) is 1.72. The van der Waals surface area contributed by atoms with Crippen LogP contribution in [0.5, 0.6) is 5.75 Å². The molecule has 0 spiro atoms. The van der Waals surface area contributed by atoms with Gasteiger partial charge < -0.3 is 40.3 Å². The zero-order valence-corrected chi connectivity index (χ0v) is 29.8. The lowest BCUT2D eigenvalue weighted by Gasteiger charge is -2.35. The molecule has 0 unspecified atom stereocenters. The number of aliphatic hydroxyl groups excluding tert-OH is 1. The third-order valence-corrected chi connectivity index (χ3v) is 9.17. The van der Waals surface area contributed by atoms with Crippen molar-refractivity contribution in [2.75, 3.05) is 49.3 Å². The van der Waals surface area contributed by atoms with E-state index >= 15 is 0 Å². The molecule has 11 heteroatoms. The number of carbonyl (C=O) groups is 3. The van der Waals surface area contributed by atoms with E-state index in [1.165, 1.54) is 0 Å². The highest BCUT2D eigenvalue weighted by molar-refractivity contribution is 6.07. The molecular formula is C40H49N5O6. The highest BCUT2D eigenvalue weighted by atomic mass is 16.5. The minimum Gasteiger partial charge on any atom is -0.490 e. The fourth-order valence-electron chi connectivity index (χ4n) is 6.18. The van der Waals surface area contributed by atoms with E-state index in [0.29, 0.717) is 36.0 Å². The number of nitrogens with one attached hydrogen (secondary N) is 3. The van der Waals surface area contributed by atoms with Gasteiger partial charge in [-0.05, 0) is 74.9 Å². The minimum absolute atomic E-state index is 0.195. The van der Waals surface area contributed by atoms with Crippen molar-refractivity contribution in [3.05, 3.63) is 96.6 Å². The number of fused-ring (bicyclic) bond motifs is 2. The van der Waals surface area contributed by atoms with Gasteiger partial charge in [-0.3, -0.25) is 4.79 Å². The Bertz CT molecular complexity index is 1780. The zero-order chi connectivity index (χ0) is 36.3. The van der Waals surface area contributed by atoms with Crippen LogP contribution in [0.15, 0.2) is 91.0 Å². The number of benzene rings is 4. The second-order valence-corrected chi connectivity index (χ2v) is 13.3. The van der Waals surface area contributed by atoms with Gasteiger partial charge in [-0.1, -0.05) is 61.5 Å². The molecule has 11 nitrogen and oxygen atoms in total. The lowest BCUT2D eigenvalue weighted by Crippen LogP contribution is -2.48. The van der Waals surface area contributed by atoms with Crippen LogP contribution < -0.4 is 20.7 Å². The molecule has 0 saturated heterocycles. The van der Waals surface area contributed by atoms with Gasteiger partial charge >= 0.3 is 12.1 Å².